The van der Waals surface area contributed by atoms with Crippen LogP contribution >= 0.6 is 0 Å². The van der Waals surface area contributed by atoms with Gasteiger partial charge in [-0.3, -0.25) is 10.1 Å². The monoisotopic (exact) mass is 300 g/mol. The molecule has 1 atom stereocenters. The summed E-state index contributed by atoms with van der Waals surface area (Å²) >= 11 is 0. The standard InChI is InChI=1S/C11H16N4O4S/c1-12-9-4-3-7-14(8-9)20(18,19)11-10(15(16)17)5-2-6-13-11/h2,5-6,9,12H,3-4,7-8H2,1H3/t9-/m1/s1. The number of hydrogen-bond donors (Lipinski definition) is 1. The predicted octanol–water partition coefficient (Wildman–Crippen LogP) is 0.362. The molecule has 1 N–H and O–H groups in total. The Morgan fingerprint density at radius 3 is 2.95 bits per heavy atom. The number of nitrogens with one attached hydrogen (secondary N) is 1. The van der Waals surface area contributed by atoms with Crippen LogP contribution in [0, 0.1) is 10.1 Å². The normalized spacial score (nSPS) is 20.8. The second-order valence-electron chi connectivity index (χ2n) is 4.58. The van der Waals surface area contributed by atoms with Gasteiger partial charge in [-0.2, -0.15) is 4.31 Å². The summed E-state index contributed by atoms with van der Waals surface area (Å²) in [5.41, 5.74) is -0.487. The minimum atomic E-state index is -3.94. The van der Waals surface area contributed by atoms with Crippen LogP contribution in [0.25, 0.3) is 0 Å². The van der Waals surface area contributed by atoms with Gasteiger partial charge in [-0.25, -0.2) is 13.4 Å². The predicted molar refractivity (Wildman–Crippen MR) is 71.7 cm³/mol. The molecule has 1 aliphatic heterocycles. The van der Waals surface area contributed by atoms with E-state index in [1.807, 2.05) is 0 Å². The Balaban J connectivity index is 2.38. The molecule has 0 spiro atoms. The van der Waals surface area contributed by atoms with E-state index in [4.69, 9.17) is 0 Å². The molecule has 1 saturated heterocycles. The molecule has 0 bridgehead atoms. The van der Waals surface area contributed by atoms with Gasteiger partial charge in [0.1, 0.15) is 0 Å². The van der Waals surface area contributed by atoms with E-state index in [1.165, 1.54) is 16.6 Å². The highest BCUT2D eigenvalue weighted by Crippen LogP contribution is 2.26. The smallest absolute Gasteiger partial charge is 0.308 e. The summed E-state index contributed by atoms with van der Waals surface area (Å²) in [5, 5.41) is 13.5. The van der Waals surface area contributed by atoms with Gasteiger partial charge in [0.25, 0.3) is 10.0 Å². The number of likely N-dealkylation sites (N-methyl/N-ethyl adjacent to an activating group) is 1. The average Bonchev–Trinajstić information content (AvgIpc) is 2.47. The Hall–Kier alpha value is -1.58. The first-order valence-corrected chi connectivity index (χ1v) is 7.67. The lowest BCUT2D eigenvalue weighted by atomic mass is 10.1. The van der Waals surface area contributed by atoms with E-state index >= 15 is 0 Å². The van der Waals surface area contributed by atoms with Crippen LogP contribution in [-0.2, 0) is 10.0 Å². The molecule has 8 nitrogen and oxygen atoms in total. The zero-order valence-electron chi connectivity index (χ0n) is 11.0. The van der Waals surface area contributed by atoms with Crippen molar-refractivity contribution in [3.05, 3.63) is 28.4 Å². The molecule has 0 unspecified atom stereocenters. The third-order valence-corrected chi connectivity index (χ3v) is 5.14. The maximum atomic E-state index is 12.5. The number of hydrogen-bond acceptors (Lipinski definition) is 6. The molecule has 0 saturated carbocycles. The second-order valence-corrected chi connectivity index (χ2v) is 6.43. The number of rotatable bonds is 4. The van der Waals surface area contributed by atoms with Crippen LogP contribution in [-0.4, -0.2) is 48.8 Å². The van der Waals surface area contributed by atoms with Crippen LogP contribution in [0.15, 0.2) is 23.4 Å². The molecule has 9 heteroatoms. The first-order valence-electron chi connectivity index (χ1n) is 6.23. The molecule has 2 heterocycles. The number of nitro groups is 1. The minimum Gasteiger partial charge on any atom is -0.316 e. The lowest BCUT2D eigenvalue weighted by Crippen LogP contribution is -2.47. The van der Waals surface area contributed by atoms with Crippen LogP contribution in [0.1, 0.15) is 12.8 Å². The number of aromatic nitrogens is 1. The third-order valence-electron chi connectivity index (χ3n) is 3.32. The molecule has 1 aromatic heterocycles. The van der Waals surface area contributed by atoms with Crippen molar-refractivity contribution in [2.75, 3.05) is 20.1 Å². The van der Waals surface area contributed by atoms with E-state index < -0.39 is 25.7 Å². The molecular weight excluding hydrogens is 284 g/mol. The van der Waals surface area contributed by atoms with Gasteiger partial charge in [0.15, 0.2) is 0 Å². The largest absolute Gasteiger partial charge is 0.316 e. The summed E-state index contributed by atoms with van der Waals surface area (Å²) in [4.78, 5) is 13.9. The molecule has 0 amide bonds. The molecular formula is C11H16N4O4S. The number of piperidine rings is 1. The summed E-state index contributed by atoms with van der Waals surface area (Å²) in [6.45, 7) is 0.654. The summed E-state index contributed by atoms with van der Waals surface area (Å²) in [6.07, 6.45) is 2.84. The molecule has 1 aromatic rings. The maximum absolute atomic E-state index is 12.5. The van der Waals surface area contributed by atoms with E-state index in [9.17, 15) is 18.5 Å². The Morgan fingerprint density at radius 2 is 2.30 bits per heavy atom. The van der Waals surface area contributed by atoms with E-state index in [0.717, 1.165) is 12.5 Å². The lowest BCUT2D eigenvalue weighted by molar-refractivity contribution is -0.388. The molecule has 1 fully saturated rings. The van der Waals surface area contributed by atoms with Crippen molar-refractivity contribution < 1.29 is 13.3 Å². The Bertz CT molecular complexity index is 604. The minimum absolute atomic E-state index is 0.0568. The van der Waals surface area contributed by atoms with E-state index in [2.05, 4.69) is 10.3 Å². The van der Waals surface area contributed by atoms with Crippen LogP contribution < -0.4 is 5.32 Å². The zero-order chi connectivity index (χ0) is 14.8. The molecule has 0 aromatic carbocycles. The molecule has 0 radical (unpaired) electrons. The summed E-state index contributed by atoms with van der Waals surface area (Å²) in [6, 6.07) is 2.56. The van der Waals surface area contributed by atoms with Gasteiger partial charge >= 0.3 is 5.69 Å². The van der Waals surface area contributed by atoms with Crippen molar-refractivity contribution >= 4 is 15.7 Å². The van der Waals surface area contributed by atoms with Crippen molar-refractivity contribution in [2.45, 2.75) is 23.9 Å². The van der Waals surface area contributed by atoms with Gasteiger partial charge in [0.05, 0.1) is 4.92 Å². The molecule has 110 valence electrons. The van der Waals surface area contributed by atoms with Gasteiger partial charge < -0.3 is 5.32 Å². The molecule has 0 aliphatic carbocycles. The van der Waals surface area contributed by atoms with E-state index in [1.54, 1.807) is 7.05 Å². The second kappa shape index (κ2) is 5.81. The molecule has 2 rings (SSSR count). The van der Waals surface area contributed by atoms with Crippen molar-refractivity contribution in [2.24, 2.45) is 0 Å². The molecule has 20 heavy (non-hydrogen) atoms. The summed E-state index contributed by atoms with van der Waals surface area (Å²) in [7, 11) is -2.17. The average molecular weight is 300 g/mol. The van der Waals surface area contributed by atoms with Crippen molar-refractivity contribution in [1.29, 1.82) is 0 Å². The van der Waals surface area contributed by atoms with Crippen LogP contribution in [0.2, 0.25) is 0 Å². The van der Waals surface area contributed by atoms with Gasteiger partial charge in [-0.15, -0.1) is 0 Å². The highest BCUT2D eigenvalue weighted by atomic mass is 32.2. The van der Waals surface area contributed by atoms with Crippen molar-refractivity contribution in [3.63, 3.8) is 0 Å². The lowest BCUT2D eigenvalue weighted by Gasteiger charge is -2.31. The quantitative estimate of drug-likeness (QED) is 0.636. The first-order chi connectivity index (χ1) is 9.46. The molecule has 1 aliphatic rings. The number of nitrogens with zero attached hydrogens (tertiary/aromatic N) is 3. The van der Waals surface area contributed by atoms with Crippen LogP contribution in [0.5, 0.6) is 0 Å². The maximum Gasteiger partial charge on any atom is 0.308 e. The third kappa shape index (κ3) is 2.79. The summed E-state index contributed by atoms with van der Waals surface area (Å²) in [5.74, 6) is 0. The fraction of sp³-hybridized carbons (Fsp3) is 0.545. The van der Waals surface area contributed by atoms with Gasteiger partial charge in [0.2, 0.25) is 5.03 Å². The zero-order valence-corrected chi connectivity index (χ0v) is 11.8. The van der Waals surface area contributed by atoms with Crippen molar-refractivity contribution in [1.82, 2.24) is 14.6 Å². The highest BCUT2D eigenvalue weighted by molar-refractivity contribution is 7.89. The van der Waals surface area contributed by atoms with E-state index in [-0.39, 0.29) is 6.04 Å². The first kappa shape index (κ1) is 14.8. The Morgan fingerprint density at radius 1 is 1.55 bits per heavy atom. The Labute approximate surface area is 117 Å². The van der Waals surface area contributed by atoms with Crippen LogP contribution in [0.3, 0.4) is 0 Å². The van der Waals surface area contributed by atoms with Gasteiger partial charge in [-0.05, 0) is 26.0 Å². The SMILES string of the molecule is CN[C@@H]1CCCN(S(=O)(=O)c2ncccc2[N+](=O)[O-])C1. The number of sulfonamides is 1. The Kier molecular flexibility index (Phi) is 4.31. The van der Waals surface area contributed by atoms with E-state index in [0.29, 0.717) is 19.5 Å². The van der Waals surface area contributed by atoms with Crippen molar-refractivity contribution in [3.8, 4) is 0 Å². The topological polar surface area (TPSA) is 105 Å². The fourth-order valence-electron chi connectivity index (χ4n) is 2.24. The highest BCUT2D eigenvalue weighted by Gasteiger charge is 2.35. The van der Waals surface area contributed by atoms with Gasteiger partial charge in [0, 0.05) is 31.4 Å². The number of pyridine rings is 1. The van der Waals surface area contributed by atoms with Gasteiger partial charge in [-0.1, -0.05) is 0 Å². The van der Waals surface area contributed by atoms with Crippen LogP contribution in [0.4, 0.5) is 5.69 Å². The summed E-state index contributed by atoms with van der Waals surface area (Å²) < 4.78 is 26.3. The fourth-order valence-corrected chi connectivity index (χ4v) is 3.83.